The fraction of sp³-hybridized carbons (Fsp3) is 0.0392. The number of fused-ring (bicyclic) bond motifs is 2. The molecule has 8 aromatic carbocycles. The normalized spacial score (nSPS) is 11.1. The van der Waals surface area contributed by atoms with Gasteiger partial charge in [0.15, 0.2) is 5.34 Å². The summed E-state index contributed by atoms with van der Waals surface area (Å²) in [5, 5.41) is 17.2. The maximum Gasteiger partial charge on any atom is 1.00 e. The molecule has 0 heterocycles. The third-order valence-electron chi connectivity index (χ3n) is 11.7. The summed E-state index contributed by atoms with van der Waals surface area (Å²) in [6.45, 7) is 3.28. The summed E-state index contributed by atoms with van der Waals surface area (Å²) >= 11 is -5.74. The zero-order valence-corrected chi connectivity index (χ0v) is 63.0. The minimum atomic E-state index is -5.62. The van der Waals surface area contributed by atoms with Crippen molar-refractivity contribution in [2.75, 3.05) is 31.9 Å². The molecule has 29 nitrogen and oxygen atoms in total. The van der Waals surface area contributed by atoms with Gasteiger partial charge in [0.25, 0.3) is 23.6 Å². The van der Waals surface area contributed by atoms with Crippen LogP contribution in [0.25, 0.3) is 21.5 Å². The Hall–Kier alpha value is -4.56. The molecule has 0 spiro atoms. The number of anilines is 6. The molecule has 6 N–H and O–H groups in total. The van der Waals surface area contributed by atoms with E-state index in [-0.39, 0.29) is 226 Å². The Morgan fingerprint density at radius 2 is 0.923 bits per heavy atom. The van der Waals surface area contributed by atoms with Gasteiger partial charge in [-0.05, 0) is 127 Å². The molecule has 2 atom stereocenters. The van der Waals surface area contributed by atoms with Crippen molar-refractivity contribution in [3.8, 4) is 11.5 Å². The third kappa shape index (κ3) is 22.8. The minimum Gasteiger partial charge on any atom is -0.744 e. The van der Waals surface area contributed by atoms with Gasteiger partial charge in [0.1, 0.15) is 48.7 Å². The van der Waals surface area contributed by atoms with Crippen LogP contribution in [0.2, 0.25) is 0 Å². The van der Waals surface area contributed by atoms with Crippen LogP contribution in [-0.2, 0) is 57.9 Å². The number of aryl methyl sites for hydroxylation is 2. The Kier molecular flexibility index (Phi) is 33.5. The van der Waals surface area contributed by atoms with Gasteiger partial charge in [-0.25, -0.2) is 30.0 Å². The van der Waals surface area contributed by atoms with Crippen LogP contribution < -0.4 is 188 Å². The molecule has 40 heteroatoms. The van der Waals surface area contributed by atoms with E-state index in [1.54, 1.807) is 19.9 Å². The summed E-state index contributed by atoms with van der Waals surface area (Å²) < 4.78 is 158. The molecule has 6 amide bonds. The van der Waals surface area contributed by atoms with E-state index in [9.17, 15) is 72.3 Å². The van der Waals surface area contributed by atoms with Crippen LogP contribution >= 0.6 is 12.0 Å². The average Bonchev–Trinajstić information content (AvgIpc) is 0.978. The summed E-state index contributed by atoms with van der Waals surface area (Å²) in [5.41, 5.74) is 1.46. The number of carbonyl (C=O) groups excluding carboxylic acids is 5. The van der Waals surface area contributed by atoms with Gasteiger partial charge in [-0.3, -0.25) is 23.5 Å². The zero-order chi connectivity index (χ0) is 62.8. The molecule has 8 rings (SSSR count). The van der Waals surface area contributed by atoms with Crippen molar-refractivity contribution < 1.29 is 241 Å². The molecule has 0 aliphatic heterocycles. The molecular weight excluding hydrogens is 1370 g/mol. The van der Waals surface area contributed by atoms with Gasteiger partial charge in [0, 0.05) is 61.5 Å². The van der Waals surface area contributed by atoms with Crippen molar-refractivity contribution in [2.24, 2.45) is 5.34 Å². The summed E-state index contributed by atoms with van der Waals surface area (Å²) in [4.78, 5) is 76.3. The second kappa shape index (κ2) is 36.9. The number of hydrogen-bond donors (Lipinski definition) is 6. The number of rotatable bonds is 19. The summed E-state index contributed by atoms with van der Waals surface area (Å²) in [7, 11) is -14.2. The van der Waals surface area contributed by atoms with Crippen molar-refractivity contribution in [3.63, 3.8) is 0 Å². The van der Waals surface area contributed by atoms with Crippen LogP contribution in [0.15, 0.2) is 153 Å². The molecule has 0 radical (unpaired) electrons. The van der Waals surface area contributed by atoms with Gasteiger partial charge < -0.3 is 58.5 Å². The maximum absolute atomic E-state index is 13.7. The first kappa shape index (κ1) is 82.5. The van der Waals surface area contributed by atoms with Crippen molar-refractivity contribution in [3.05, 3.63) is 178 Å². The van der Waals surface area contributed by atoms with Crippen LogP contribution in [0.5, 0.6) is 11.5 Å². The number of benzene rings is 8. The van der Waals surface area contributed by atoms with E-state index in [0.717, 1.165) is 12.1 Å². The smallest absolute Gasteiger partial charge is 0.744 e. The Morgan fingerprint density at radius 3 is 1.34 bits per heavy atom. The summed E-state index contributed by atoms with van der Waals surface area (Å²) in [6.07, 6.45) is 0. The molecule has 0 aromatic heterocycles. The fourth-order valence-electron chi connectivity index (χ4n) is 7.98. The largest absolute Gasteiger partial charge is 1.00 e. The fourth-order valence-corrected chi connectivity index (χ4v) is 10.4. The first-order chi connectivity index (χ1) is 40.6. The number of nitrogens with zero attached hydrogens (tertiary/aromatic N) is 1. The number of hydrogen-bond acceptors (Lipinski definition) is 24. The Bertz CT molecular complexity index is 4540. The van der Waals surface area contributed by atoms with Crippen molar-refractivity contribution in [1.29, 1.82) is 0 Å². The maximum atomic E-state index is 13.7. The Labute approximate surface area is 638 Å². The number of nitrogens with one attached hydrogen (secondary N) is 6. The molecule has 2 unspecified atom stereocenters. The van der Waals surface area contributed by atoms with E-state index in [2.05, 4.69) is 51.8 Å². The molecule has 0 saturated carbocycles. The first-order valence-electron chi connectivity index (χ1n) is 23.3. The van der Waals surface area contributed by atoms with E-state index in [4.69, 9.17) is 16.8 Å². The van der Waals surface area contributed by atoms with Crippen molar-refractivity contribution >= 4 is 151 Å². The number of carbonyl (C=O) groups is 5. The van der Waals surface area contributed by atoms with E-state index in [1.807, 2.05) is 0 Å². The van der Waals surface area contributed by atoms with E-state index >= 15 is 0 Å². The van der Waals surface area contributed by atoms with Crippen LogP contribution in [-0.4, -0.2) is 85.8 Å². The Morgan fingerprint density at radius 1 is 0.505 bits per heavy atom. The molecule has 0 fully saturated rings. The van der Waals surface area contributed by atoms with Crippen LogP contribution in [0.4, 0.5) is 38.9 Å². The van der Waals surface area contributed by atoms with E-state index < -0.39 is 115 Å². The van der Waals surface area contributed by atoms with Gasteiger partial charge in [0.2, 0.25) is 0 Å². The van der Waals surface area contributed by atoms with Crippen molar-refractivity contribution in [2.45, 2.75) is 28.5 Å². The average molecular weight is 1400 g/mol. The van der Waals surface area contributed by atoms with Gasteiger partial charge in [-0.1, -0.05) is 35.0 Å². The van der Waals surface area contributed by atoms with Crippen LogP contribution in [0.1, 0.15) is 52.6 Å². The van der Waals surface area contributed by atoms with Crippen LogP contribution in [0, 0.1) is 24.8 Å². The monoisotopic (exact) mass is 1400 g/mol. The quantitative estimate of drug-likeness (QED) is 0.00833. The molecule has 91 heavy (non-hydrogen) atoms. The summed E-state index contributed by atoms with van der Waals surface area (Å²) in [5.74, 6) is -3.75. The summed E-state index contributed by atoms with van der Waals surface area (Å²) in [6, 6.07) is 30.3. The molecule has 0 bridgehead atoms. The number of urea groups is 1. The predicted molar refractivity (Wildman–Crippen MR) is 304 cm³/mol. The van der Waals surface area contributed by atoms with Gasteiger partial charge >= 0.3 is 164 Å². The van der Waals surface area contributed by atoms with E-state index in [0.29, 0.717) is 29.2 Å². The minimum absolute atomic E-state index is 0. The molecule has 8 aromatic rings. The topological polar surface area (TPSA) is 461 Å². The van der Waals surface area contributed by atoms with Gasteiger partial charge in [-0.2, -0.15) is 18.2 Å². The van der Waals surface area contributed by atoms with Gasteiger partial charge in [0.05, 0.1) is 33.3 Å². The molecule has 0 aliphatic carbocycles. The van der Waals surface area contributed by atoms with Gasteiger partial charge in [-0.15, -0.1) is 17.5 Å². The molecule has 0 aliphatic rings. The van der Waals surface area contributed by atoms with Crippen molar-refractivity contribution in [1.82, 2.24) is 0 Å². The predicted octanol–water partition coefficient (Wildman–Crippen LogP) is -8.06. The second-order valence-electron chi connectivity index (χ2n) is 17.2. The molecule has 446 valence electrons. The first-order valence-corrected chi connectivity index (χ1v) is 29.9. The SMILES string of the molecule is Cc1ccc(C(=O)Nc2ccc(OS(=O)[O-])c3c[c-]cc(SON=O)c23)cc1NC(=O)c1cccc(NC(=O)Nc2cccc(C(=O)Nc3cc(C(=O)Nc4ccc(OS(=O)[O-])c5cc(S(=O)(=O)[O-])cc(S(=O)(=O)[O-])c45)ccc3C)c2)c1.O=S(=O)=O.[Na+].[Na+].[Na+].[Na+].[Na+]. The zero-order valence-electron chi connectivity index (χ0n) is 48.1. The number of amides is 6. The molecular formula is C51H34N7Na5O22S6. The second-order valence-corrected chi connectivity index (χ2v) is 22.3. The third-order valence-corrected chi connectivity index (χ3v) is 14.6. The Balaban J connectivity index is 0.00000304. The standard InChI is InChI=1S/C51H38N7O19S5.5Na.O3S/c1-26-12-14-30(49(61)54-37-16-18-41(75-79(65)66)35-10-5-11-43(45(35)37)78-77-58-64)22-39(26)56-47(59)28-6-3-8-32(20-28)52-51(63)53-33-9-4-7-29(21-33)48(60)57-40-23-31(15-13-27(40)2)50(62)55-38-17-19-42(76-80(67)68)36-24-34(81(69,70)71)25-44(46(36)38)82(72,73)74;;;;;;1-4(2)3/h3-4,6-25H,1-2H3,(H,54,61)(H,55,62)(H,56,59)(H,57,60)(H,65,66)(H,67,68)(H2,52,53,63)(H,69,70,71)(H,72,73,74);;;;;;/q-1;5*+1;/p-4. The van der Waals surface area contributed by atoms with E-state index in [1.165, 1.54) is 103 Å². The van der Waals surface area contributed by atoms with Crippen LogP contribution in [0.3, 0.4) is 0 Å². The molecule has 0 saturated heterocycles.